The van der Waals surface area contributed by atoms with Gasteiger partial charge in [0.25, 0.3) is 0 Å². The maximum atomic E-state index is 6.29. The highest BCUT2D eigenvalue weighted by atomic mass is 79.9. The van der Waals surface area contributed by atoms with Gasteiger partial charge in [0, 0.05) is 21.2 Å². The highest BCUT2D eigenvalue weighted by Gasteiger charge is 2.09. The topological polar surface area (TPSA) is 26.0 Å². The van der Waals surface area contributed by atoms with E-state index in [0.717, 1.165) is 10.2 Å². The van der Waals surface area contributed by atoms with E-state index in [4.69, 9.17) is 5.73 Å². The van der Waals surface area contributed by atoms with E-state index in [1.165, 1.54) is 21.6 Å². The summed E-state index contributed by atoms with van der Waals surface area (Å²) in [7, 11) is 0. The predicted molar refractivity (Wildman–Crippen MR) is 87.7 cm³/mol. The number of nitrogens with two attached hydrogens (primary N) is 1. The van der Waals surface area contributed by atoms with Crippen LogP contribution in [0.2, 0.25) is 0 Å². The molecule has 2 N–H and O–H groups in total. The average molecular weight is 336 g/mol. The first kappa shape index (κ1) is 14.6. The zero-order valence-corrected chi connectivity index (χ0v) is 13.6. The third-order valence-corrected chi connectivity index (χ3v) is 4.73. The van der Waals surface area contributed by atoms with Crippen LogP contribution in [0.1, 0.15) is 22.7 Å². The fourth-order valence-corrected chi connectivity index (χ4v) is 3.19. The van der Waals surface area contributed by atoms with Crippen molar-refractivity contribution in [3.05, 3.63) is 63.6 Å². The van der Waals surface area contributed by atoms with E-state index in [9.17, 15) is 0 Å². The minimum atomic E-state index is 0.0780. The van der Waals surface area contributed by atoms with Crippen molar-refractivity contribution in [3.8, 4) is 0 Å². The first-order valence-corrected chi connectivity index (χ1v) is 8.05. The van der Waals surface area contributed by atoms with Crippen molar-refractivity contribution in [1.82, 2.24) is 0 Å². The maximum Gasteiger partial charge on any atom is 0.0392 e. The molecule has 0 aliphatic carbocycles. The average Bonchev–Trinajstić information content (AvgIpc) is 2.37. The molecule has 1 unspecified atom stereocenters. The SMILES string of the molecule is Cc1ccc(C(N)CSc2ccc(Br)cc2)c(C)c1. The van der Waals surface area contributed by atoms with E-state index in [0.29, 0.717) is 0 Å². The van der Waals surface area contributed by atoms with E-state index in [2.05, 4.69) is 72.2 Å². The van der Waals surface area contributed by atoms with E-state index in [1.807, 2.05) is 0 Å². The van der Waals surface area contributed by atoms with Crippen LogP contribution in [-0.4, -0.2) is 5.75 Å². The molecule has 0 radical (unpaired) electrons. The minimum absolute atomic E-state index is 0.0780. The van der Waals surface area contributed by atoms with Crippen LogP contribution in [0, 0.1) is 13.8 Å². The van der Waals surface area contributed by atoms with Crippen LogP contribution in [0.4, 0.5) is 0 Å². The number of aryl methyl sites for hydroxylation is 2. The van der Waals surface area contributed by atoms with Gasteiger partial charge in [-0.1, -0.05) is 39.7 Å². The van der Waals surface area contributed by atoms with E-state index < -0.39 is 0 Å². The molecular formula is C16H18BrNS. The lowest BCUT2D eigenvalue weighted by molar-refractivity contribution is 0.822. The second kappa shape index (κ2) is 6.60. The zero-order valence-electron chi connectivity index (χ0n) is 11.2. The molecule has 3 heteroatoms. The van der Waals surface area contributed by atoms with Gasteiger partial charge in [-0.15, -0.1) is 11.8 Å². The van der Waals surface area contributed by atoms with Gasteiger partial charge in [0.1, 0.15) is 0 Å². The molecule has 0 spiro atoms. The Morgan fingerprint density at radius 1 is 1.11 bits per heavy atom. The smallest absolute Gasteiger partial charge is 0.0392 e. The molecule has 1 atom stereocenters. The Morgan fingerprint density at radius 2 is 1.79 bits per heavy atom. The molecule has 0 aliphatic rings. The molecule has 100 valence electrons. The van der Waals surface area contributed by atoms with Crippen LogP contribution in [0.5, 0.6) is 0 Å². The van der Waals surface area contributed by atoms with Gasteiger partial charge in [0.05, 0.1) is 0 Å². The fraction of sp³-hybridized carbons (Fsp3) is 0.250. The molecule has 0 aromatic heterocycles. The van der Waals surface area contributed by atoms with Crippen molar-refractivity contribution < 1.29 is 0 Å². The molecule has 19 heavy (non-hydrogen) atoms. The molecular weight excluding hydrogens is 318 g/mol. The summed E-state index contributed by atoms with van der Waals surface area (Å²) >= 11 is 5.24. The Hall–Kier alpha value is -0.770. The Kier molecular flexibility index (Phi) is 5.08. The molecule has 1 nitrogen and oxygen atoms in total. The van der Waals surface area contributed by atoms with Crippen molar-refractivity contribution in [3.63, 3.8) is 0 Å². The van der Waals surface area contributed by atoms with Crippen molar-refractivity contribution in [2.45, 2.75) is 24.8 Å². The minimum Gasteiger partial charge on any atom is -0.323 e. The van der Waals surface area contributed by atoms with Gasteiger partial charge in [-0.25, -0.2) is 0 Å². The van der Waals surface area contributed by atoms with Gasteiger partial charge in [-0.2, -0.15) is 0 Å². The molecule has 0 saturated heterocycles. The Bertz CT molecular complexity index is 551. The third-order valence-electron chi connectivity index (χ3n) is 3.07. The first-order chi connectivity index (χ1) is 9.06. The summed E-state index contributed by atoms with van der Waals surface area (Å²) in [6.07, 6.45) is 0. The van der Waals surface area contributed by atoms with Gasteiger partial charge in [0.15, 0.2) is 0 Å². The molecule has 2 aromatic rings. The molecule has 0 bridgehead atoms. The number of benzene rings is 2. The first-order valence-electron chi connectivity index (χ1n) is 6.27. The summed E-state index contributed by atoms with van der Waals surface area (Å²) in [6, 6.07) is 14.9. The van der Waals surface area contributed by atoms with Crippen LogP contribution in [0.25, 0.3) is 0 Å². The van der Waals surface area contributed by atoms with E-state index in [1.54, 1.807) is 11.8 Å². The summed E-state index contributed by atoms with van der Waals surface area (Å²) in [5.74, 6) is 0.894. The van der Waals surface area contributed by atoms with Gasteiger partial charge in [-0.3, -0.25) is 0 Å². The monoisotopic (exact) mass is 335 g/mol. The van der Waals surface area contributed by atoms with Crippen molar-refractivity contribution >= 4 is 27.7 Å². The highest BCUT2D eigenvalue weighted by Crippen LogP contribution is 2.26. The van der Waals surface area contributed by atoms with Crippen LogP contribution in [0.3, 0.4) is 0 Å². The summed E-state index contributed by atoms with van der Waals surface area (Å²) < 4.78 is 1.11. The maximum absolute atomic E-state index is 6.29. The third kappa shape index (κ3) is 4.10. The number of rotatable bonds is 4. The van der Waals surface area contributed by atoms with Crippen LogP contribution >= 0.6 is 27.7 Å². The van der Waals surface area contributed by atoms with E-state index in [-0.39, 0.29) is 6.04 Å². The van der Waals surface area contributed by atoms with Crippen molar-refractivity contribution in [2.24, 2.45) is 5.73 Å². The van der Waals surface area contributed by atoms with Gasteiger partial charge >= 0.3 is 0 Å². The molecule has 2 rings (SSSR count). The van der Waals surface area contributed by atoms with E-state index >= 15 is 0 Å². The van der Waals surface area contributed by atoms with Crippen LogP contribution in [0.15, 0.2) is 51.8 Å². The van der Waals surface area contributed by atoms with Crippen LogP contribution in [-0.2, 0) is 0 Å². The van der Waals surface area contributed by atoms with Crippen molar-refractivity contribution in [1.29, 1.82) is 0 Å². The zero-order chi connectivity index (χ0) is 13.8. The molecule has 0 amide bonds. The normalized spacial score (nSPS) is 12.4. The molecule has 0 aliphatic heterocycles. The lowest BCUT2D eigenvalue weighted by atomic mass is 10.0. The number of hydrogen-bond donors (Lipinski definition) is 1. The molecule has 0 heterocycles. The second-order valence-electron chi connectivity index (χ2n) is 4.73. The molecule has 0 fully saturated rings. The Morgan fingerprint density at radius 3 is 2.42 bits per heavy atom. The fourth-order valence-electron chi connectivity index (χ4n) is 2.05. The van der Waals surface area contributed by atoms with Gasteiger partial charge in [0.2, 0.25) is 0 Å². The summed E-state index contributed by atoms with van der Waals surface area (Å²) in [5.41, 5.74) is 10.1. The van der Waals surface area contributed by atoms with Crippen molar-refractivity contribution in [2.75, 3.05) is 5.75 Å². The summed E-state index contributed by atoms with van der Waals surface area (Å²) in [6.45, 7) is 4.24. The predicted octanol–water partition coefficient (Wildman–Crippen LogP) is 4.86. The van der Waals surface area contributed by atoms with Gasteiger partial charge in [-0.05, 0) is 49.2 Å². The summed E-state index contributed by atoms with van der Waals surface area (Å²) in [4.78, 5) is 1.25. The standard InChI is InChI=1S/C16H18BrNS/c1-11-3-8-15(12(2)9-11)16(18)10-19-14-6-4-13(17)5-7-14/h3-9,16H,10,18H2,1-2H3. The number of thioether (sulfide) groups is 1. The highest BCUT2D eigenvalue weighted by molar-refractivity contribution is 9.10. The largest absolute Gasteiger partial charge is 0.323 e. The Labute approximate surface area is 127 Å². The summed E-state index contributed by atoms with van der Waals surface area (Å²) in [5, 5.41) is 0. The molecule has 0 saturated carbocycles. The lowest BCUT2D eigenvalue weighted by Gasteiger charge is -2.15. The number of halogens is 1. The molecule has 2 aromatic carbocycles. The quantitative estimate of drug-likeness (QED) is 0.807. The lowest BCUT2D eigenvalue weighted by Crippen LogP contribution is -2.14. The number of hydrogen-bond acceptors (Lipinski definition) is 2. The van der Waals surface area contributed by atoms with Gasteiger partial charge < -0.3 is 5.73 Å². The Balaban J connectivity index is 2.01. The second-order valence-corrected chi connectivity index (χ2v) is 6.74. The van der Waals surface area contributed by atoms with Crippen LogP contribution < -0.4 is 5.73 Å².